The first-order chi connectivity index (χ1) is 27.1. The zero-order chi connectivity index (χ0) is 36.3. The van der Waals surface area contributed by atoms with E-state index in [0.29, 0.717) is 5.58 Å². The summed E-state index contributed by atoms with van der Waals surface area (Å²) < 4.78 is 36.3. The van der Waals surface area contributed by atoms with Crippen molar-refractivity contribution in [3.63, 3.8) is 0 Å². The van der Waals surface area contributed by atoms with E-state index in [1.165, 1.54) is 0 Å². The van der Waals surface area contributed by atoms with Gasteiger partial charge in [0.25, 0.3) is 0 Å². The number of anilines is 3. The molecule has 2 unspecified atom stereocenters. The van der Waals surface area contributed by atoms with Gasteiger partial charge in [-0.3, -0.25) is 0 Å². The van der Waals surface area contributed by atoms with Crippen LogP contribution in [0.5, 0.6) is 23.0 Å². The Hall–Kier alpha value is -6.81. The van der Waals surface area contributed by atoms with Crippen molar-refractivity contribution in [3.05, 3.63) is 204 Å². The molecule has 0 N–H and O–H groups in total. The monoisotopic (exact) mass is 727 g/mol. The molecule has 4 heterocycles. The van der Waals surface area contributed by atoms with Crippen LogP contribution in [0.1, 0.15) is 22.3 Å². The van der Waals surface area contributed by atoms with Crippen LogP contribution >= 0.6 is 7.14 Å². The van der Waals surface area contributed by atoms with E-state index in [1.54, 1.807) is 0 Å². The summed E-state index contributed by atoms with van der Waals surface area (Å²) in [6, 6.07) is 61.7. The lowest BCUT2D eigenvalue weighted by Gasteiger charge is -2.47. The maximum Gasteiger partial charge on any atom is 0.171 e. The van der Waals surface area contributed by atoms with Crippen molar-refractivity contribution in [1.29, 1.82) is 0 Å². The smallest absolute Gasteiger partial charge is 0.171 e. The quantitative estimate of drug-likeness (QED) is 0.166. The van der Waals surface area contributed by atoms with Crippen molar-refractivity contribution in [1.82, 2.24) is 0 Å². The zero-order valence-electron chi connectivity index (χ0n) is 29.3. The van der Waals surface area contributed by atoms with Gasteiger partial charge in [0.05, 0.1) is 22.5 Å². The Balaban J connectivity index is 1.21. The molecule has 8 aromatic carbocycles. The molecular formula is C49H30NO4P. The third-order valence-electron chi connectivity index (χ3n) is 11.6. The Bertz CT molecular complexity index is 3070. The van der Waals surface area contributed by atoms with Crippen LogP contribution in [-0.2, 0) is 9.98 Å². The summed E-state index contributed by atoms with van der Waals surface area (Å²) in [5.41, 5.74) is 7.37. The van der Waals surface area contributed by atoms with Crippen molar-refractivity contribution < 1.29 is 18.5 Å². The standard InChI is InChI=1S/C49H30NO4P/c51-55(32-14-2-1-3-15-32)47-25-13-6-18-37(47)49(38-29-34-33-16-4-9-21-41(33)52-45(34)30-48(38)55)35-17-5-10-22-42(35)53-46-28-31(26-27-36(46)49)50-39-19-7-11-23-43(39)54-44-24-12-8-20-40(44)50/h1-30H. The van der Waals surface area contributed by atoms with E-state index in [4.69, 9.17) is 13.9 Å². The maximum absolute atomic E-state index is 16.4. The normalized spacial score (nSPS) is 18.7. The number of fused-ring (bicyclic) bond motifs is 13. The van der Waals surface area contributed by atoms with Crippen LogP contribution in [0, 0.1) is 0 Å². The molecule has 1 aromatic heterocycles. The summed E-state index contributed by atoms with van der Waals surface area (Å²) in [6.07, 6.45) is 0. The van der Waals surface area contributed by atoms with Crippen molar-refractivity contribution >= 4 is 62.1 Å². The van der Waals surface area contributed by atoms with Gasteiger partial charge in [0.2, 0.25) is 0 Å². The Labute approximate surface area is 317 Å². The summed E-state index contributed by atoms with van der Waals surface area (Å²) in [6.45, 7) is 0. The largest absolute Gasteiger partial charge is 0.457 e. The molecule has 1 spiro atoms. The number of benzene rings is 8. The fraction of sp³-hybridized carbons (Fsp3) is 0.0204. The number of furan rings is 1. The molecule has 12 rings (SSSR count). The van der Waals surface area contributed by atoms with Crippen LogP contribution in [0.4, 0.5) is 17.1 Å². The van der Waals surface area contributed by atoms with Gasteiger partial charge >= 0.3 is 0 Å². The summed E-state index contributed by atoms with van der Waals surface area (Å²) in [4.78, 5) is 2.23. The van der Waals surface area contributed by atoms with Gasteiger partial charge in [-0.05, 0) is 65.7 Å². The van der Waals surface area contributed by atoms with E-state index in [9.17, 15) is 0 Å². The number of hydrogen-bond acceptors (Lipinski definition) is 5. The second-order valence-corrected chi connectivity index (χ2v) is 17.0. The van der Waals surface area contributed by atoms with E-state index < -0.39 is 12.6 Å². The van der Waals surface area contributed by atoms with E-state index in [0.717, 1.165) is 94.6 Å². The average Bonchev–Trinajstić information content (AvgIpc) is 3.61. The van der Waals surface area contributed by atoms with Gasteiger partial charge in [-0.2, -0.15) is 0 Å². The van der Waals surface area contributed by atoms with Gasteiger partial charge in [0.1, 0.15) is 22.7 Å². The van der Waals surface area contributed by atoms with Gasteiger partial charge in [0, 0.05) is 43.9 Å². The molecule has 55 heavy (non-hydrogen) atoms. The number of hydrogen-bond donors (Lipinski definition) is 0. The van der Waals surface area contributed by atoms with Crippen LogP contribution in [0.25, 0.3) is 21.9 Å². The Morgan fingerprint density at radius 3 is 1.85 bits per heavy atom. The molecule has 0 radical (unpaired) electrons. The average molecular weight is 728 g/mol. The summed E-state index contributed by atoms with van der Waals surface area (Å²) in [5.74, 6) is 3.05. The minimum atomic E-state index is -3.44. The summed E-state index contributed by atoms with van der Waals surface area (Å²) >= 11 is 0. The fourth-order valence-electron chi connectivity index (χ4n) is 9.31. The lowest BCUT2D eigenvalue weighted by Crippen LogP contribution is -2.48. The first kappa shape index (κ1) is 30.6. The molecule has 9 aromatic rings. The number of nitrogens with zero attached hydrogens (tertiary/aromatic N) is 1. The first-order valence-electron chi connectivity index (χ1n) is 18.4. The second-order valence-electron chi connectivity index (χ2n) is 14.3. The van der Waals surface area contributed by atoms with E-state index in [2.05, 4.69) is 83.8 Å². The fourth-order valence-corrected chi connectivity index (χ4v) is 12.5. The van der Waals surface area contributed by atoms with Crippen LogP contribution in [-0.4, -0.2) is 0 Å². The molecule has 5 nitrogen and oxygen atoms in total. The molecule has 0 fully saturated rings. The lowest BCUT2D eigenvalue weighted by atomic mass is 9.63. The van der Waals surface area contributed by atoms with E-state index in [-0.39, 0.29) is 0 Å². The second kappa shape index (κ2) is 11.1. The molecule has 260 valence electrons. The molecule has 3 aliphatic heterocycles. The number of ether oxygens (including phenoxy) is 2. The van der Waals surface area contributed by atoms with Crippen molar-refractivity contribution in [2.75, 3.05) is 4.90 Å². The summed E-state index contributed by atoms with van der Waals surface area (Å²) in [5, 5.41) is 4.37. The van der Waals surface area contributed by atoms with Crippen LogP contribution in [0.2, 0.25) is 0 Å². The maximum atomic E-state index is 16.4. The molecule has 6 heteroatoms. The van der Waals surface area contributed by atoms with E-state index >= 15 is 4.57 Å². The van der Waals surface area contributed by atoms with Gasteiger partial charge in [-0.1, -0.05) is 121 Å². The number of para-hydroxylation sites is 6. The number of rotatable bonds is 2. The van der Waals surface area contributed by atoms with Crippen LogP contribution in [0.3, 0.4) is 0 Å². The zero-order valence-corrected chi connectivity index (χ0v) is 30.2. The molecular weight excluding hydrogens is 698 g/mol. The molecule has 0 saturated heterocycles. The predicted octanol–water partition coefficient (Wildman–Crippen LogP) is 11.6. The highest BCUT2D eigenvalue weighted by Gasteiger charge is 2.55. The highest BCUT2D eigenvalue weighted by atomic mass is 31.2. The molecule has 0 aliphatic carbocycles. The Morgan fingerprint density at radius 2 is 1.05 bits per heavy atom. The van der Waals surface area contributed by atoms with Crippen molar-refractivity contribution in [2.24, 2.45) is 0 Å². The predicted molar refractivity (Wildman–Crippen MR) is 220 cm³/mol. The van der Waals surface area contributed by atoms with Gasteiger partial charge in [0.15, 0.2) is 18.6 Å². The minimum Gasteiger partial charge on any atom is -0.457 e. The highest BCUT2D eigenvalue weighted by molar-refractivity contribution is 7.85. The van der Waals surface area contributed by atoms with Gasteiger partial charge < -0.3 is 23.4 Å². The van der Waals surface area contributed by atoms with Gasteiger partial charge in [-0.15, -0.1) is 0 Å². The molecule has 0 saturated carbocycles. The Morgan fingerprint density at radius 1 is 0.436 bits per heavy atom. The highest BCUT2D eigenvalue weighted by Crippen LogP contribution is 2.63. The SMILES string of the molecule is O=P1(c2ccccc2)c2ccccc2C2(c3ccccc3Oc3cc(N4c5ccccc5Oc5ccccc54)ccc32)c2cc3c(cc21)oc1ccccc13. The molecule has 3 aliphatic rings. The van der Waals surface area contributed by atoms with Crippen molar-refractivity contribution in [3.8, 4) is 23.0 Å². The van der Waals surface area contributed by atoms with Gasteiger partial charge in [-0.25, -0.2) is 0 Å². The third kappa shape index (κ3) is 4.00. The van der Waals surface area contributed by atoms with Crippen LogP contribution in [0.15, 0.2) is 186 Å². The summed E-state index contributed by atoms with van der Waals surface area (Å²) in [7, 11) is -3.44. The third-order valence-corrected chi connectivity index (χ3v) is 14.7. The van der Waals surface area contributed by atoms with Crippen molar-refractivity contribution in [2.45, 2.75) is 5.41 Å². The Kier molecular flexibility index (Phi) is 6.19. The molecule has 0 amide bonds. The first-order valence-corrected chi connectivity index (χ1v) is 20.1. The van der Waals surface area contributed by atoms with Crippen LogP contribution < -0.4 is 30.3 Å². The molecule has 0 bridgehead atoms. The lowest BCUT2D eigenvalue weighted by molar-refractivity contribution is 0.435. The molecule has 2 atom stereocenters. The van der Waals surface area contributed by atoms with E-state index in [1.807, 2.05) is 103 Å². The minimum absolute atomic E-state index is 0.714. The topological polar surface area (TPSA) is 51.9 Å².